The van der Waals surface area contributed by atoms with E-state index in [0.717, 1.165) is 22.5 Å². The number of rotatable bonds is 6. The van der Waals surface area contributed by atoms with Crippen molar-refractivity contribution in [3.05, 3.63) is 81.7 Å². The standard InChI is InChI=1S/C19H16N4O2S/c1-14(7-8-15-5-3-2-4-6-15)21-22-19-20-18(13-26-19)16-9-11-17(12-10-16)23(24)25/h2-13H,1H3,(H,20,22)/b8-7+,21-14-. The Morgan fingerprint density at radius 3 is 2.62 bits per heavy atom. The number of non-ortho nitro benzene ring substituents is 1. The van der Waals surface area contributed by atoms with Crippen LogP contribution in [-0.2, 0) is 0 Å². The zero-order chi connectivity index (χ0) is 18.4. The first-order chi connectivity index (χ1) is 12.6. The van der Waals surface area contributed by atoms with Crippen molar-refractivity contribution in [1.82, 2.24) is 4.98 Å². The second kappa shape index (κ2) is 8.17. The molecule has 3 aromatic rings. The van der Waals surface area contributed by atoms with E-state index in [9.17, 15) is 10.1 Å². The minimum absolute atomic E-state index is 0.0627. The van der Waals surface area contributed by atoms with E-state index in [-0.39, 0.29) is 5.69 Å². The van der Waals surface area contributed by atoms with Crippen LogP contribution in [-0.4, -0.2) is 15.6 Å². The lowest BCUT2D eigenvalue weighted by Gasteiger charge is -1.97. The largest absolute Gasteiger partial charge is 0.269 e. The molecule has 0 aliphatic heterocycles. The van der Waals surface area contributed by atoms with Crippen molar-refractivity contribution in [2.45, 2.75) is 6.92 Å². The molecule has 0 radical (unpaired) electrons. The van der Waals surface area contributed by atoms with Gasteiger partial charge in [0.05, 0.1) is 16.3 Å². The van der Waals surface area contributed by atoms with Gasteiger partial charge in [0.2, 0.25) is 5.13 Å². The first kappa shape index (κ1) is 17.5. The molecule has 0 spiro atoms. The summed E-state index contributed by atoms with van der Waals surface area (Å²) in [6.07, 6.45) is 3.91. The smallest absolute Gasteiger partial charge is 0.258 e. The predicted molar refractivity (Wildman–Crippen MR) is 106 cm³/mol. The molecule has 26 heavy (non-hydrogen) atoms. The van der Waals surface area contributed by atoms with Gasteiger partial charge in [-0.05, 0) is 30.7 Å². The highest BCUT2D eigenvalue weighted by atomic mass is 32.1. The number of hydrogen-bond donors (Lipinski definition) is 1. The van der Waals surface area contributed by atoms with Crippen molar-refractivity contribution < 1.29 is 4.92 Å². The minimum atomic E-state index is -0.418. The molecule has 0 saturated heterocycles. The molecule has 3 rings (SSSR count). The lowest BCUT2D eigenvalue weighted by molar-refractivity contribution is -0.384. The lowest BCUT2D eigenvalue weighted by Crippen LogP contribution is -1.94. The molecule has 1 aromatic heterocycles. The van der Waals surface area contributed by atoms with Gasteiger partial charge in [0.1, 0.15) is 0 Å². The molecule has 7 heteroatoms. The quantitative estimate of drug-likeness (QED) is 0.369. The molecular formula is C19H16N4O2S. The summed E-state index contributed by atoms with van der Waals surface area (Å²) in [5, 5.41) is 17.5. The molecule has 0 aliphatic rings. The summed E-state index contributed by atoms with van der Waals surface area (Å²) < 4.78 is 0. The molecule has 0 aliphatic carbocycles. The number of nitro benzene ring substituents is 1. The van der Waals surface area contributed by atoms with Crippen molar-refractivity contribution in [2.75, 3.05) is 5.43 Å². The third kappa shape index (κ3) is 4.61. The van der Waals surface area contributed by atoms with Crippen LogP contribution in [0.15, 0.2) is 71.2 Å². The third-order valence-corrected chi connectivity index (χ3v) is 4.27. The summed E-state index contributed by atoms with van der Waals surface area (Å²) in [7, 11) is 0. The van der Waals surface area contributed by atoms with Crippen molar-refractivity contribution in [2.24, 2.45) is 5.10 Å². The van der Waals surface area contributed by atoms with Crippen molar-refractivity contribution >= 4 is 33.9 Å². The van der Waals surface area contributed by atoms with Crippen LogP contribution in [0.25, 0.3) is 17.3 Å². The molecule has 0 atom stereocenters. The maximum absolute atomic E-state index is 10.7. The number of nitrogens with zero attached hydrogens (tertiary/aromatic N) is 3. The molecule has 0 bridgehead atoms. The van der Waals surface area contributed by atoms with Crippen molar-refractivity contribution in [3.63, 3.8) is 0 Å². The van der Waals surface area contributed by atoms with Gasteiger partial charge in [-0.3, -0.25) is 15.5 Å². The summed E-state index contributed by atoms with van der Waals surface area (Å²) >= 11 is 1.42. The monoisotopic (exact) mass is 364 g/mol. The number of nitrogens with one attached hydrogen (secondary N) is 1. The molecule has 2 aromatic carbocycles. The zero-order valence-electron chi connectivity index (χ0n) is 14.0. The Morgan fingerprint density at radius 2 is 1.92 bits per heavy atom. The minimum Gasteiger partial charge on any atom is -0.258 e. The maximum atomic E-state index is 10.7. The Hall–Kier alpha value is -3.32. The molecule has 1 heterocycles. The molecule has 0 amide bonds. The van der Waals surface area contributed by atoms with E-state index in [1.54, 1.807) is 12.1 Å². The first-order valence-corrected chi connectivity index (χ1v) is 8.73. The van der Waals surface area contributed by atoms with Gasteiger partial charge in [0.15, 0.2) is 0 Å². The van der Waals surface area contributed by atoms with Crippen molar-refractivity contribution in [3.8, 4) is 11.3 Å². The van der Waals surface area contributed by atoms with E-state index < -0.39 is 4.92 Å². The van der Waals surface area contributed by atoms with Gasteiger partial charge in [-0.1, -0.05) is 36.4 Å². The fourth-order valence-corrected chi connectivity index (χ4v) is 2.83. The third-order valence-electron chi connectivity index (χ3n) is 3.52. The van der Waals surface area contributed by atoms with Crippen molar-refractivity contribution in [1.29, 1.82) is 0 Å². The second-order valence-corrected chi connectivity index (χ2v) is 6.31. The molecule has 6 nitrogen and oxygen atoms in total. The topological polar surface area (TPSA) is 80.4 Å². The summed E-state index contributed by atoms with van der Waals surface area (Å²) in [5.74, 6) is 0. The number of nitro groups is 1. The van der Waals surface area contributed by atoms with E-state index in [0.29, 0.717) is 5.13 Å². The van der Waals surface area contributed by atoms with Gasteiger partial charge in [-0.2, -0.15) is 5.10 Å². The lowest BCUT2D eigenvalue weighted by atomic mass is 10.1. The summed E-state index contributed by atoms with van der Waals surface area (Å²) in [6, 6.07) is 16.3. The van der Waals surface area contributed by atoms with Gasteiger partial charge < -0.3 is 0 Å². The number of thiazole rings is 1. The number of anilines is 1. The number of hydrogen-bond acceptors (Lipinski definition) is 6. The predicted octanol–water partition coefficient (Wildman–Crippen LogP) is 5.22. The Bertz CT molecular complexity index is 947. The van der Waals surface area contributed by atoms with E-state index in [4.69, 9.17) is 0 Å². The Kier molecular flexibility index (Phi) is 5.50. The van der Waals surface area contributed by atoms with Gasteiger partial charge >= 0.3 is 0 Å². The molecule has 0 saturated carbocycles. The fraction of sp³-hybridized carbons (Fsp3) is 0.0526. The highest BCUT2D eigenvalue weighted by molar-refractivity contribution is 7.14. The molecular weight excluding hydrogens is 348 g/mol. The Morgan fingerprint density at radius 1 is 1.19 bits per heavy atom. The fourth-order valence-electron chi connectivity index (χ4n) is 2.17. The van der Waals surface area contributed by atoms with Gasteiger partial charge in [-0.25, -0.2) is 4.98 Å². The average molecular weight is 364 g/mol. The van der Waals surface area contributed by atoms with Crippen LogP contribution >= 0.6 is 11.3 Å². The summed E-state index contributed by atoms with van der Waals surface area (Å²) in [5.41, 5.74) is 6.50. The van der Waals surface area contributed by atoms with Crippen LogP contribution in [0, 0.1) is 10.1 Å². The van der Waals surface area contributed by atoms with Crippen LogP contribution in [0.1, 0.15) is 12.5 Å². The Balaban J connectivity index is 1.64. The average Bonchev–Trinajstić information content (AvgIpc) is 3.14. The van der Waals surface area contributed by atoms with Crippen LogP contribution in [0.3, 0.4) is 0 Å². The van der Waals surface area contributed by atoms with E-state index in [1.807, 2.05) is 54.8 Å². The molecule has 1 N–H and O–H groups in total. The van der Waals surface area contributed by atoms with E-state index in [2.05, 4.69) is 15.5 Å². The van der Waals surface area contributed by atoms with Gasteiger partial charge in [0, 0.05) is 23.1 Å². The Labute approximate surface area is 154 Å². The normalized spacial score (nSPS) is 11.7. The van der Waals surface area contributed by atoms with Crippen LogP contribution < -0.4 is 5.43 Å². The number of hydrazone groups is 1. The highest BCUT2D eigenvalue weighted by Crippen LogP contribution is 2.26. The van der Waals surface area contributed by atoms with Crippen LogP contribution in [0.2, 0.25) is 0 Å². The summed E-state index contributed by atoms with van der Waals surface area (Å²) in [6.45, 7) is 1.90. The van der Waals surface area contributed by atoms with E-state index in [1.165, 1.54) is 23.5 Å². The number of allylic oxidation sites excluding steroid dienone is 1. The SMILES string of the molecule is CC(/C=C/c1ccccc1)=N/Nc1nc(-c2ccc([N+](=O)[O-])cc2)cs1. The number of aromatic nitrogens is 1. The molecule has 130 valence electrons. The molecule has 0 fully saturated rings. The highest BCUT2D eigenvalue weighted by Gasteiger charge is 2.08. The zero-order valence-corrected chi connectivity index (χ0v) is 14.8. The first-order valence-electron chi connectivity index (χ1n) is 7.85. The van der Waals surface area contributed by atoms with Gasteiger partial charge in [0.25, 0.3) is 5.69 Å². The second-order valence-electron chi connectivity index (χ2n) is 5.45. The van der Waals surface area contributed by atoms with Gasteiger partial charge in [-0.15, -0.1) is 11.3 Å². The number of benzene rings is 2. The summed E-state index contributed by atoms with van der Waals surface area (Å²) in [4.78, 5) is 14.7. The van der Waals surface area contributed by atoms with E-state index >= 15 is 0 Å². The maximum Gasteiger partial charge on any atom is 0.269 e. The van der Waals surface area contributed by atoms with Crippen LogP contribution in [0.5, 0.6) is 0 Å². The van der Waals surface area contributed by atoms with Crippen LogP contribution in [0.4, 0.5) is 10.8 Å². The molecule has 0 unspecified atom stereocenters.